The molecular weight excluding hydrogens is 314 g/mol. The van der Waals surface area contributed by atoms with Crippen LogP contribution in [0.2, 0.25) is 0 Å². The zero-order valence-corrected chi connectivity index (χ0v) is 14.3. The van der Waals surface area contributed by atoms with Gasteiger partial charge in [0.1, 0.15) is 11.2 Å². The molecule has 2 aliphatic rings. The van der Waals surface area contributed by atoms with Crippen molar-refractivity contribution in [2.24, 2.45) is 7.05 Å². The normalized spacial score (nSPS) is 18.5. The van der Waals surface area contributed by atoms with E-state index in [0.717, 1.165) is 38.1 Å². The minimum Gasteiger partial charge on any atom is -0.384 e. The number of fused-ring (bicyclic) bond motifs is 3. The number of rotatable bonds is 1. The van der Waals surface area contributed by atoms with E-state index in [1.54, 1.807) is 10.7 Å². The van der Waals surface area contributed by atoms with Crippen LogP contribution in [0.3, 0.4) is 0 Å². The molecule has 1 amide bonds. The highest BCUT2D eigenvalue weighted by Gasteiger charge is 2.42. The van der Waals surface area contributed by atoms with Crippen LogP contribution in [0.5, 0.6) is 0 Å². The van der Waals surface area contributed by atoms with Gasteiger partial charge in [0.15, 0.2) is 0 Å². The summed E-state index contributed by atoms with van der Waals surface area (Å²) in [7, 11) is 1.94. The largest absolute Gasteiger partial charge is 0.384 e. The number of nitrogens with zero attached hydrogens (tertiary/aromatic N) is 4. The van der Waals surface area contributed by atoms with Crippen LogP contribution < -0.4 is 5.32 Å². The topological polar surface area (TPSA) is 54.6 Å². The predicted molar refractivity (Wildman–Crippen MR) is 95.9 cm³/mol. The maximum Gasteiger partial charge on any atom is 0.259 e. The van der Waals surface area contributed by atoms with Crippen LogP contribution in [-0.4, -0.2) is 44.6 Å². The zero-order valence-electron chi connectivity index (χ0n) is 14.3. The molecule has 25 heavy (non-hydrogen) atoms. The van der Waals surface area contributed by atoms with E-state index < -0.39 is 0 Å². The summed E-state index contributed by atoms with van der Waals surface area (Å²) in [6.45, 7) is 2.55. The number of carbonyl (C=O) groups is 1. The van der Waals surface area contributed by atoms with E-state index in [0.29, 0.717) is 5.56 Å². The Kier molecular flexibility index (Phi) is 2.98. The van der Waals surface area contributed by atoms with E-state index in [9.17, 15) is 4.79 Å². The third-order valence-corrected chi connectivity index (χ3v) is 5.89. The van der Waals surface area contributed by atoms with E-state index in [4.69, 9.17) is 0 Å². The number of carbonyl (C=O) groups excluding carboxylic acids is 1. The van der Waals surface area contributed by atoms with Crippen LogP contribution in [-0.2, 0) is 12.5 Å². The zero-order chi connectivity index (χ0) is 17.0. The lowest BCUT2D eigenvalue weighted by atomic mass is 9.74. The summed E-state index contributed by atoms with van der Waals surface area (Å²) in [6.07, 6.45) is 7.49. The van der Waals surface area contributed by atoms with Crippen LogP contribution >= 0.6 is 0 Å². The Morgan fingerprint density at radius 3 is 2.84 bits per heavy atom. The number of para-hydroxylation sites is 1. The van der Waals surface area contributed by atoms with Crippen molar-refractivity contribution < 1.29 is 4.79 Å². The number of aryl methyl sites for hydroxylation is 1. The molecule has 128 valence electrons. The lowest BCUT2D eigenvalue weighted by molar-refractivity contribution is 0.0678. The van der Waals surface area contributed by atoms with Crippen molar-refractivity contribution in [1.29, 1.82) is 0 Å². The molecular formula is C19H21N5O. The Hall–Kier alpha value is -2.76. The molecule has 0 atom stereocenters. The molecule has 1 aromatic carbocycles. The first-order valence-corrected chi connectivity index (χ1v) is 8.79. The van der Waals surface area contributed by atoms with E-state index in [1.165, 1.54) is 11.3 Å². The molecule has 5 rings (SSSR count). The van der Waals surface area contributed by atoms with Crippen LogP contribution in [0.15, 0.2) is 42.9 Å². The number of hydrogen-bond donors (Lipinski definition) is 1. The Morgan fingerprint density at radius 2 is 2.00 bits per heavy atom. The average Bonchev–Trinajstić information content (AvgIpc) is 3.32. The van der Waals surface area contributed by atoms with E-state index in [2.05, 4.69) is 34.7 Å². The quantitative estimate of drug-likeness (QED) is 0.742. The van der Waals surface area contributed by atoms with Crippen molar-refractivity contribution in [1.82, 2.24) is 19.1 Å². The van der Waals surface area contributed by atoms with Crippen molar-refractivity contribution >= 4 is 17.2 Å². The van der Waals surface area contributed by atoms with Gasteiger partial charge in [-0.25, -0.2) is 4.52 Å². The summed E-state index contributed by atoms with van der Waals surface area (Å²) in [4.78, 5) is 15.0. The predicted octanol–water partition coefficient (Wildman–Crippen LogP) is 2.27. The van der Waals surface area contributed by atoms with Gasteiger partial charge in [-0.3, -0.25) is 4.79 Å². The molecule has 0 bridgehead atoms. The Labute approximate surface area is 146 Å². The first-order chi connectivity index (χ1) is 12.2. The van der Waals surface area contributed by atoms with Crippen molar-refractivity contribution in [3.63, 3.8) is 0 Å². The lowest BCUT2D eigenvalue weighted by Gasteiger charge is -2.39. The minimum atomic E-state index is 0.0888. The Bertz CT molecular complexity index is 961. The highest BCUT2D eigenvalue weighted by Crippen LogP contribution is 2.43. The Morgan fingerprint density at radius 1 is 1.20 bits per heavy atom. The molecule has 0 unspecified atom stereocenters. The van der Waals surface area contributed by atoms with Crippen LogP contribution in [0.4, 0.5) is 5.69 Å². The van der Waals surface area contributed by atoms with Gasteiger partial charge in [0.2, 0.25) is 0 Å². The fraction of sp³-hybridized carbons (Fsp3) is 0.368. The molecule has 0 saturated carbocycles. The molecule has 0 aliphatic carbocycles. The van der Waals surface area contributed by atoms with Gasteiger partial charge in [-0.15, -0.1) is 0 Å². The molecule has 2 aliphatic heterocycles. The molecule has 6 nitrogen and oxygen atoms in total. The number of amides is 1. The van der Waals surface area contributed by atoms with Gasteiger partial charge in [-0.1, -0.05) is 18.2 Å². The van der Waals surface area contributed by atoms with Gasteiger partial charge in [0, 0.05) is 50.2 Å². The molecule has 4 heterocycles. The first-order valence-electron chi connectivity index (χ1n) is 8.79. The van der Waals surface area contributed by atoms with Crippen molar-refractivity contribution in [3.05, 3.63) is 54.0 Å². The third kappa shape index (κ3) is 2.03. The summed E-state index contributed by atoms with van der Waals surface area (Å²) in [6, 6.07) is 8.58. The van der Waals surface area contributed by atoms with Gasteiger partial charge in [-0.05, 0) is 24.5 Å². The highest BCUT2D eigenvalue weighted by atomic mass is 16.2. The summed E-state index contributed by atoms with van der Waals surface area (Å²) in [5.41, 5.74) is 4.39. The van der Waals surface area contributed by atoms with Gasteiger partial charge in [-0.2, -0.15) is 5.10 Å². The molecule has 6 heteroatoms. The fourth-order valence-corrected chi connectivity index (χ4v) is 4.41. The molecule has 3 aromatic rings. The summed E-state index contributed by atoms with van der Waals surface area (Å²) in [5, 5.41) is 7.83. The SMILES string of the molecule is Cn1ccn2ncc(C(=O)N3CCC4(CC3)CNc3ccccc34)c12. The summed E-state index contributed by atoms with van der Waals surface area (Å²) >= 11 is 0. The van der Waals surface area contributed by atoms with Crippen molar-refractivity contribution in [2.45, 2.75) is 18.3 Å². The number of imidazole rings is 1. The van der Waals surface area contributed by atoms with E-state index in [1.807, 2.05) is 28.9 Å². The average molecular weight is 335 g/mol. The van der Waals surface area contributed by atoms with Crippen LogP contribution in [0.25, 0.3) is 5.65 Å². The van der Waals surface area contributed by atoms with Gasteiger partial charge in [0.05, 0.1) is 6.20 Å². The summed E-state index contributed by atoms with van der Waals surface area (Å²) < 4.78 is 3.71. The number of likely N-dealkylation sites (tertiary alicyclic amines) is 1. The maximum absolute atomic E-state index is 13.0. The van der Waals surface area contributed by atoms with Gasteiger partial charge >= 0.3 is 0 Å². The van der Waals surface area contributed by atoms with Crippen LogP contribution in [0.1, 0.15) is 28.8 Å². The lowest BCUT2D eigenvalue weighted by Crippen LogP contribution is -2.46. The number of hydrogen-bond acceptors (Lipinski definition) is 3. The smallest absolute Gasteiger partial charge is 0.259 e. The van der Waals surface area contributed by atoms with E-state index >= 15 is 0 Å². The van der Waals surface area contributed by atoms with Gasteiger partial charge < -0.3 is 14.8 Å². The molecule has 1 fully saturated rings. The van der Waals surface area contributed by atoms with Crippen LogP contribution in [0, 0.1) is 0 Å². The van der Waals surface area contributed by atoms with Crippen molar-refractivity contribution in [2.75, 3.05) is 25.0 Å². The number of anilines is 1. The highest BCUT2D eigenvalue weighted by molar-refractivity contribution is 5.99. The number of nitrogens with one attached hydrogen (secondary N) is 1. The second-order valence-corrected chi connectivity index (χ2v) is 7.21. The second kappa shape index (κ2) is 5.12. The minimum absolute atomic E-state index is 0.0888. The van der Waals surface area contributed by atoms with Gasteiger partial charge in [0.25, 0.3) is 5.91 Å². The molecule has 2 aromatic heterocycles. The number of aromatic nitrogens is 3. The fourth-order valence-electron chi connectivity index (χ4n) is 4.41. The monoisotopic (exact) mass is 335 g/mol. The third-order valence-electron chi connectivity index (χ3n) is 5.89. The first kappa shape index (κ1) is 14.6. The van der Waals surface area contributed by atoms with E-state index in [-0.39, 0.29) is 11.3 Å². The van der Waals surface area contributed by atoms with Crippen molar-refractivity contribution in [3.8, 4) is 0 Å². The summed E-state index contributed by atoms with van der Waals surface area (Å²) in [5.74, 6) is 0.0888. The Balaban J connectivity index is 1.39. The maximum atomic E-state index is 13.0. The molecule has 1 N–H and O–H groups in total. The number of piperidine rings is 1. The molecule has 1 saturated heterocycles. The molecule has 1 spiro atoms. The second-order valence-electron chi connectivity index (χ2n) is 7.21. The number of benzene rings is 1. The standard InChI is InChI=1S/C19H21N5O/c1-22-10-11-24-17(22)14(12-21-24)18(25)23-8-6-19(7-9-23)13-20-16-5-3-2-4-15(16)19/h2-5,10-12,20H,6-9,13H2,1H3. The molecule has 0 radical (unpaired) electrons.